The number of aryl methyl sites for hydroxylation is 1. The standard InChI is InChI=1S/C9H6ClN3.C8H4ClN3.H2/c1-13-3-2-8-9(13)7(10)4-6(5-11)12-8;9-6-3-5(4-10)12-7-1-2-11-8(6)7;/h2-4H,1H3;1-3,11H;1H/i;;1+2. The first-order valence-electron chi connectivity index (χ1n) is 7.09. The van der Waals surface area contributed by atoms with E-state index >= 15 is 0 Å². The van der Waals surface area contributed by atoms with Crippen LogP contribution in [0.3, 0.4) is 0 Å². The van der Waals surface area contributed by atoms with Crippen molar-refractivity contribution in [2.45, 2.75) is 0 Å². The molecule has 0 atom stereocenters. The summed E-state index contributed by atoms with van der Waals surface area (Å²) in [6.07, 6.45) is 3.61. The quantitative estimate of drug-likeness (QED) is 0.493. The SMILES string of the molecule is Cn1ccc2nc(C#N)cc(Cl)c21.N#Cc1cc(Cl)c2[nH]ccc2n1.[3HH]. The molecule has 0 spiro atoms. The Morgan fingerprint density at radius 1 is 1.04 bits per heavy atom. The zero-order valence-corrected chi connectivity index (χ0v) is 14.5. The van der Waals surface area contributed by atoms with Gasteiger partial charge in [0.15, 0.2) is 0 Å². The van der Waals surface area contributed by atoms with Crippen LogP contribution in [0.4, 0.5) is 0 Å². The van der Waals surface area contributed by atoms with Gasteiger partial charge in [0.1, 0.15) is 23.5 Å². The number of nitrogens with zero attached hydrogens (tertiary/aromatic N) is 5. The number of fused-ring (bicyclic) bond motifs is 2. The van der Waals surface area contributed by atoms with Crippen molar-refractivity contribution in [2.24, 2.45) is 7.05 Å². The summed E-state index contributed by atoms with van der Waals surface area (Å²) >= 11 is 11.8. The number of hydrogen-bond acceptors (Lipinski definition) is 4. The Morgan fingerprint density at radius 3 is 2.36 bits per heavy atom. The lowest BCUT2D eigenvalue weighted by Gasteiger charge is -1.98. The molecule has 8 heteroatoms. The molecule has 124 valence electrons. The average molecular weight is 373 g/mol. The van der Waals surface area contributed by atoms with Crippen LogP contribution in [0.5, 0.6) is 0 Å². The lowest BCUT2D eigenvalue weighted by atomic mass is 10.3. The number of nitrogens with one attached hydrogen (secondary N) is 1. The van der Waals surface area contributed by atoms with E-state index in [1.165, 1.54) is 0 Å². The van der Waals surface area contributed by atoms with Gasteiger partial charge in [-0.25, -0.2) is 9.97 Å². The predicted molar refractivity (Wildman–Crippen MR) is 98.4 cm³/mol. The van der Waals surface area contributed by atoms with Crippen molar-refractivity contribution >= 4 is 45.3 Å². The van der Waals surface area contributed by atoms with E-state index in [1.54, 1.807) is 24.4 Å². The van der Waals surface area contributed by atoms with Crippen LogP contribution in [0.2, 0.25) is 10.0 Å². The van der Waals surface area contributed by atoms with Crippen LogP contribution in [0.1, 0.15) is 12.8 Å². The van der Waals surface area contributed by atoms with E-state index in [0.29, 0.717) is 21.4 Å². The van der Waals surface area contributed by atoms with Gasteiger partial charge >= 0.3 is 0 Å². The molecular formula is C17H12Cl2N6. The molecule has 0 aromatic carbocycles. The number of aromatic amines is 1. The normalized spacial score (nSPS) is 10.1. The first-order valence-corrected chi connectivity index (χ1v) is 7.84. The minimum atomic E-state index is 0. The molecule has 25 heavy (non-hydrogen) atoms. The molecular weight excluding hydrogens is 359 g/mol. The number of hydrogen-bond donors (Lipinski definition) is 1. The fourth-order valence-electron chi connectivity index (χ4n) is 2.36. The van der Waals surface area contributed by atoms with E-state index < -0.39 is 0 Å². The lowest BCUT2D eigenvalue weighted by Crippen LogP contribution is -1.88. The van der Waals surface area contributed by atoms with Crippen molar-refractivity contribution in [3.05, 3.63) is 58.1 Å². The maximum atomic E-state index is 8.65. The number of halogens is 2. The Bertz CT molecular complexity index is 1170. The Labute approximate surface area is 154 Å². The van der Waals surface area contributed by atoms with Gasteiger partial charge in [-0.05, 0) is 24.3 Å². The smallest absolute Gasteiger partial charge is 0.142 e. The molecule has 4 heterocycles. The molecule has 0 saturated heterocycles. The van der Waals surface area contributed by atoms with Crippen LogP contribution in [0.15, 0.2) is 36.7 Å². The van der Waals surface area contributed by atoms with E-state index in [-0.39, 0.29) is 1.43 Å². The Morgan fingerprint density at radius 2 is 1.68 bits per heavy atom. The topological polar surface area (TPSA) is 94.1 Å². The third kappa shape index (κ3) is 3.27. The summed E-state index contributed by atoms with van der Waals surface area (Å²) in [7, 11) is 1.89. The fraction of sp³-hybridized carbons (Fsp3) is 0.0588. The number of nitriles is 2. The van der Waals surface area contributed by atoms with Crippen LogP contribution in [0, 0.1) is 22.7 Å². The zero-order chi connectivity index (χ0) is 18.0. The van der Waals surface area contributed by atoms with Crippen LogP contribution in [-0.4, -0.2) is 19.5 Å². The minimum Gasteiger partial charge on any atom is -0.359 e. The molecule has 0 unspecified atom stereocenters. The summed E-state index contributed by atoms with van der Waals surface area (Å²) in [5, 5.41) is 18.3. The van der Waals surface area contributed by atoms with Gasteiger partial charge in [0, 0.05) is 20.9 Å². The van der Waals surface area contributed by atoms with Crippen LogP contribution in [0.25, 0.3) is 22.1 Å². The highest BCUT2D eigenvalue weighted by molar-refractivity contribution is 6.35. The van der Waals surface area contributed by atoms with Gasteiger partial charge in [-0.15, -0.1) is 0 Å². The van der Waals surface area contributed by atoms with E-state index in [9.17, 15) is 0 Å². The second kappa shape index (κ2) is 6.82. The number of H-pyrrole nitrogens is 1. The third-order valence-electron chi connectivity index (χ3n) is 3.48. The first-order chi connectivity index (χ1) is 12.0. The van der Waals surface area contributed by atoms with Gasteiger partial charge in [0.05, 0.1) is 32.1 Å². The van der Waals surface area contributed by atoms with Gasteiger partial charge in [0.25, 0.3) is 0 Å². The number of pyridine rings is 2. The Kier molecular flexibility index (Phi) is 4.58. The molecule has 4 aromatic heterocycles. The van der Waals surface area contributed by atoms with E-state index in [2.05, 4.69) is 15.0 Å². The van der Waals surface area contributed by atoms with Crippen molar-refractivity contribution < 1.29 is 1.43 Å². The van der Waals surface area contributed by atoms with Gasteiger partial charge in [-0.2, -0.15) is 10.5 Å². The summed E-state index contributed by atoms with van der Waals surface area (Å²) in [5.74, 6) is 0. The molecule has 0 aliphatic carbocycles. The molecule has 0 fully saturated rings. The van der Waals surface area contributed by atoms with Crippen molar-refractivity contribution in [3.8, 4) is 12.1 Å². The van der Waals surface area contributed by atoms with Crippen LogP contribution >= 0.6 is 23.2 Å². The maximum absolute atomic E-state index is 8.65. The Balaban J connectivity index is 0.000000180. The molecule has 0 bridgehead atoms. The summed E-state index contributed by atoms with van der Waals surface area (Å²) in [6, 6.07) is 10.6. The molecule has 4 aromatic rings. The highest BCUT2D eigenvalue weighted by Gasteiger charge is 2.06. The van der Waals surface area contributed by atoms with Crippen molar-refractivity contribution in [2.75, 3.05) is 0 Å². The molecule has 0 radical (unpaired) electrons. The van der Waals surface area contributed by atoms with Gasteiger partial charge in [0.2, 0.25) is 0 Å². The largest absolute Gasteiger partial charge is 0.359 e. The molecule has 0 aliphatic rings. The molecule has 0 amide bonds. The zero-order valence-electron chi connectivity index (χ0n) is 13.0. The number of rotatable bonds is 0. The van der Waals surface area contributed by atoms with Gasteiger partial charge in [-0.1, -0.05) is 23.2 Å². The molecule has 4 rings (SSSR count). The Hall–Kier alpha value is -3.06. The predicted octanol–water partition coefficient (Wildman–Crippen LogP) is 4.43. The molecule has 0 aliphatic heterocycles. The second-order valence-electron chi connectivity index (χ2n) is 5.10. The summed E-state index contributed by atoms with van der Waals surface area (Å²) < 4.78 is 1.88. The van der Waals surface area contributed by atoms with E-state index in [0.717, 1.165) is 22.1 Å². The summed E-state index contributed by atoms with van der Waals surface area (Å²) in [6.45, 7) is 0. The molecule has 1 N–H and O–H groups in total. The summed E-state index contributed by atoms with van der Waals surface area (Å²) in [5.41, 5.74) is 3.80. The van der Waals surface area contributed by atoms with Crippen molar-refractivity contribution in [3.63, 3.8) is 0 Å². The monoisotopic (exact) mass is 372 g/mol. The second-order valence-corrected chi connectivity index (χ2v) is 5.92. The highest BCUT2D eigenvalue weighted by atomic mass is 35.5. The van der Waals surface area contributed by atoms with Gasteiger partial charge < -0.3 is 9.55 Å². The van der Waals surface area contributed by atoms with Crippen molar-refractivity contribution in [1.82, 2.24) is 19.5 Å². The van der Waals surface area contributed by atoms with Gasteiger partial charge in [-0.3, -0.25) is 0 Å². The van der Waals surface area contributed by atoms with E-state index in [4.69, 9.17) is 33.7 Å². The third-order valence-corrected chi connectivity index (χ3v) is 4.07. The maximum Gasteiger partial charge on any atom is 0.142 e. The van der Waals surface area contributed by atoms with Crippen LogP contribution in [-0.2, 0) is 7.05 Å². The van der Waals surface area contributed by atoms with E-state index in [1.807, 2.05) is 36.0 Å². The summed E-state index contributed by atoms with van der Waals surface area (Å²) in [4.78, 5) is 11.1. The minimum absolute atomic E-state index is 0. The molecule has 0 saturated carbocycles. The average Bonchev–Trinajstić information content (AvgIpc) is 3.22. The lowest BCUT2D eigenvalue weighted by molar-refractivity contribution is 0.968. The van der Waals surface area contributed by atoms with Crippen LogP contribution < -0.4 is 0 Å². The van der Waals surface area contributed by atoms with Crippen molar-refractivity contribution in [1.29, 1.82) is 10.5 Å². The highest BCUT2D eigenvalue weighted by Crippen LogP contribution is 2.23. The molecule has 6 nitrogen and oxygen atoms in total. The number of aromatic nitrogens is 4. The fourth-order valence-corrected chi connectivity index (χ4v) is 2.95. The first kappa shape index (κ1) is 16.8.